The van der Waals surface area contributed by atoms with Crippen LogP contribution in [0.3, 0.4) is 0 Å². The van der Waals surface area contributed by atoms with Crippen molar-refractivity contribution in [2.24, 2.45) is 5.92 Å². The summed E-state index contributed by atoms with van der Waals surface area (Å²) in [5, 5.41) is 0. The van der Waals surface area contributed by atoms with E-state index in [1.54, 1.807) is 4.90 Å². The van der Waals surface area contributed by atoms with Crippen molar-refractivity contribution in [3.63, 3.8) is 0 Å². The van der Waals surface area contributed by atoms with Gasteiger partial charge in [-0.05, 0) is 49.1 Å². The van der Waals surface area contributed by atoms with Crippen LogP contribution in [0.15, 0.2) is 42.5 Å². The van der Waals surface area contributed by atoms with Gasteiger partial charge in [0.25, 0.3) is 0 Å². The normalized spacial score (nSPS) is 16.5. The number of para-hydroxylation sites is 2. The number of aryl methyl sites for hydroxylation is 1. The number of carbonyl (C=O) groups excluding carboxylic acids is 2. The van der Waals surface area contributed by atoms with Crippen molar-refractivity contribution >= 4 is 17.6 Å². The highest BCUT2D eigenvalue weighted by Gasteiger charge is 2.37. The van der Waals surface area contributed by atoms with Crippen LogP contribution in [0.1, 0.15) is 44.2 Å². The van der Waals surface area contributed by atoms with Gasteiger partial charge in [0.1, 0.15) is 11.5 Å². The van der Waals surface area contributed by atoms with Crippen molar-refractivity contribution in [1.82, 2.24) is 0 Å². The Hall–Kier alpha value is -2.82. The smallest absolute Gasteiger partial charge is 0.316 e. The maximum absolute atomic E-state index is 12.8. The van der Waals surface area contributed by atoms with Gasteiger partial charge in [-0.1, -0.05) is 38.1 Å². The van der Waals surface area contributed by atoms with Crippen molar-refractivity contribution in [2.75, 3.05) is 18.1 Å². The van der Waals surface area contributed by atoms with E-state index in [4.69, 9.17) is 9.47 Å². The minimum absolute atomic E-state index is 0.0950. The summed E-state index contributed by atoms with van der Waals surface area (Å²) in [6.07, 6.45) is 0.141. The lowest BCUT2D eigenvalue weighted by Crippen LogP contribution is -2.27. The molecule has 148 valence electrons. The molecule has 5 heteroatoms. The first-order valence-corrected chi connectivity index (χ1v) is 9.75. The van der Waals surface area contributed by atoms with Crippen LogP contribution in [0, 0.1) is 12.8 Å². The zero-order valence-electron chi connectivity index (χ0n) is 16.9. The first-order valence-electron chi connectivity index (χ1n) is 9.75. The monoisotopic (exact) mass is 381 g/mol. The Morgan fingerprint density at radius 1 is 1.18 bits per heavy atom. The third-order valence-electron chi connectivity index (χ3n) is 4.92. The molecule has 0 aliphatic carbocycles. The fraction of sp³-hybridized carbons (Fsp3) is 0.391. The second-order valence-electron chi connectivity index (χ2n) is 7.42. The quantitative estimate of drug-likeness (QED) is 0.547. The second kappa shape index (κ2) is 8.46. The summed E-state index contributed by atoms with van der Waals surface area (Å²) >= 11 is 0. The summed E-state index contributed by atoms with van der Waals surface area (Å²) in [7, 11) is 0. The molecule has 0 saturated carbocycles. The Morgan fingerprint density at radius 2 is 1.93 bits per heavy atom. The molecule has 1 heterocycles. The Balaban J connectivity index is 1.77. The molecule has 1 atom stereocenters. The Morgan fingerprint density at radius 3 is 2.64 bits per heavy atom. The summed E-state index contributed by atoms with van der Waals surface area (Å²) in [4.78, 5) is 27.0. The van der Waals surface area contributed by atoms with Gasteiger partial charge in [0.05, 0.1) is 18.2 Å². The van der Waals surface area contributed by atoms with Crippen LogP contribution in [-0.4, -0.2) is 25.0 Å². The zero-order chi connectivity index (χ0) is 20.3. The number of hydrogen-bond acceptors (Lipinski definition) is 4. The Kier molecular flexibility index (Phi) is 6.02. The van der Waals surface area contributed by atoms with E-state index in [-0.39, 0.29) is 24.2 Å². The van der Waals surface area contributed by atoms with E-state index in [0.717, 1.165) is 11.1 Å². The molecule has 0 aromatic heterocycles. The predicted octanol–water partition coefficient (Wildman–Crippen LogP) is 4.48. The lowest BCUT2D eigenvalue weighted by Gasteiger charge is -2.20. The van der Waals surface area contributed by atoms with Crippen LogP contribution in [-0.2, 0) is 9.59 Å². The number of ether oxygens (including phenoxy) is 2. The van der Waals surface area contributed by atoms with Crippen molar-refractivity contribution in [3.05, 3.63) is 53.6 Å². The van der Waals surface area contributed by atoms with Gasteiger partial charge < -0.3 is 14.4 Å². The van der Waals surface area contributed by atoms with E-state index in [0.29, 0.717) is 30.3 Å². The van der Waals surface area contributed by atoms with E-state index < -0.39 is 5.92 Å². The molecule has 1 fully saturated rings. The van der Waals surface area contributed by atoms with E-state index in [1.165, 1.54) is 0 Å². The van der Waals surface area contributed by atoms with E-state index >= 15 is 0 Å². The molecule has 5 nitrogen and oxygen atoms in total. The number of hydrogen-bond donors (Lipinski definition) is 0. The standard InChI is InChI=1S/C23H27NO4/c1-5-27-20-9-7-6-8-19(20)24-14-17(13-22(24)25)23(26)28-21-12-16(4)10-11-18(21)15(2)3/h6-12,15,17H,5,13-14H2,1-4H3/t17-/m1/s1. The number of anilines is 1. The predicted molar refractivity (Wildman–Crippen MR) is 109 cm³/mol. The number of amides is 1. The summed E-state index contributed by atoms with van der Waals surface area (Å²) in [6.45, 7) is 8.80. The number of esters is 1. The van der Waals surface area contributed by atoms with Gasteiger partial charge in [-0.25, -0.2) is 0 Å². The molecule has 1 saturated heterocycles. The van der Waals surface area contributed by atoms with Crippen LogP contribution >= 0.6 is 0 Å². The van der Waals surface area contributed by atoms with Gasteiger partial charge in [0, 0.05) is 13.0 Å². The Bertz CT molecular complexity index is 875. The summed E-state index contributed by atoms with van der Waals surface area (Å²) in [6, 6.07) is 13.3. The van der Waals surface area contributed by atoms with E-state index in [9.17, 15) is 9.59 Å². The molecule has 0 N–H and O–H groups in total. The van der Waals surface area contributed by atoms with E-state index in [2.05, 4.69) is 13.8 Å². The highest BCUT2D eigenvalue weighted by Crippen LogP contribution is 2.34. The lowest BCUT2D eigenvalue weighted by atomic mass is 10.0. The van der Waals surface area contributed by atoms with Gasteiger partial charge in [-0.2, -0.15) is 0 Å². The van der Waals surface area contributed by atoms with Crippen molar-refractivity contribution < 1.29 is 19.1 Å². The minimum atomic E-state index is -0.497. The molecule has 0 unspecified atom stereocenters. The molecule has 2 aromatic carbocycles. The molecule has 0 bridgehead atoms. The maximum Gasteiger partial charge on any atom is 0.316 e. The average Bonchev–Trinajstić information content (AvgIpc) is 3.04. The molecule has 2 aromatic rings. The van der Waals surface area contributed by atoms with E-state index in [1.807, 2.05) is 56.3 Å². The summed E-state index contributed by atoms with van der Waals surface area (Å²) < 4.78 is 11.4. The summed E-state index contributed by atoms with van der Waals surface area (Å²) in [5.74, 6) is 0.513. The van der Waals surface area contributed by atoms with Crippen LogP contribution in [0.25, 0.3) is 0 Å². The van der Waals surface area contributed by atoms with Crippen LogP contribution in [0.2, 0.25) is 0 Å². The molecule has 1 aliphatic rings. The zero-order valence-corrected chi connectivity index (χ0v) is 16.9. The number of benzene rings is 2. The molecule has 28 heavy (non-hydrogen) atoms. The molecular weight excluding hydrogens is 354 g/mol. The lowest BCUT2D eigenvalue weighted by molar-refractivity contribution is -0.139. The average molecular weight is 381 g/mol. The van der Waals surface area contributed by atoms with Crippen molar-refractivity contribution in [1.29, 1.82) is 0 Å². The minimum Gasteiger partial charge on any atom is -0.492 e. The first kappa shape index (κ1) is 19.9. The Labute approximate surface area is 166 Å². The number of carbonyl (C=O) groups is 2. The van der Waals surface area contributed by atoms with Gasteiger partial charge in [-0.15, -0.1) is 0 Å². The van der Waals surface area contributed by atoms with Gasteiger partial charge in [-0.3, -0.25) is 9.59 Å². The highest BCUT2D eigenvalue weighted by molar-refractivity contribution is 6.00. The number of nitrogens with zero attached hydrogens (tertiary/aromatic N) is 1. The van der Waals surface area contributed by atoms with Gasteiger partial charge in [0.15, 0.2) is 0 Å². The van der Waals surface area contributed by atoms with Crippen LogP contribution < -0.4 is 14.4 Å². The van der Waals surface area contributed by atoms with Crippen molar-refractivity contribution in [2.45, 2.75) is 40.0 Å². The fourth-order valence-electron chi connectivity index (χ4n) is 3.45. The highest BCUT2D eigenvalue weighted by atomic mass is 16.5. The van der Waals surface area contributed by atoms with Gasteiger partial charge >= 0.3 is 5.97 Å². The largest absolute Gasteiger partial charge is 0.492 e. The SMILES string of the molecule is CCOc1ccccc1N1C[C@H](C(=O)Oc2cc(C)ccc2C(C)C)CC1=O. The summed E-state index contributed by atoms with van der Waals surface area (Å²) in [5.41, 5.74) is 2.71. The molecule has 0 radical (unpaired) electrons. The fourth-order valence-corrected chi connectivity index (χ4v) is 3.45. The second-order valence-corrected chi connectivity index (χ2v) is 7.42. The third-order valence-corrected chi connectivity index (χ3v) is 4.92. The van der Waals surface area contributed by atoms with Gasteiger partial charge in [0.2, 0.25) is 5.91 Å². The molecule has 0 spiro atoms. The topological polar surface area (TPSA) is 55.8 Å². The van der Waals surface area contributed by atoms with Crippen LogP contribution in [0.5, 0.6) is 11.5 Å². The molecular formula is C23H27NO4. The molecule has 1 aliphatic heterocycles. The third kappa shape index (κ3) is 4.19. The number of rotatable bonds is 6. The molecule has 1 amide bonds. The van der Waals surface area contributed by atoms with Crippen LogP contribution in [0.4, 0.5) is 5.69 Å². The maximum atomic E-state index is 12.8. The van der Waals surface area contributed by atoms with Crippen molar-refractivity contribution in [3.8, 4) is 11.5 Å². The molecule has 3 rings (SSSR count). The first-order chi connectivity index (χ1) is 13.4.